The van der Waals surface area contributed by atoms with Gasteiger partial charge >= 0.3 is 0 Å². The standard InChI is InChI=1S/C22H30BrN3O2/c1-16-18-14-17(23)6-7-19(18)28-20(16)21(27)24-15-22(8-4-3-5-9-22)26-12-10-25(2)11-13-26/h6-7,14H,3-5,8-13,15H2,1-2H3,(H,24,27). The summed E-state index contributed by atoms with van der Waals surface area (Å²) in [5.41, 5.74) is 1.77. The maximum Gasteiger partial charge on any atom is 0.287 e. The van der Waals surface area contributed by atoms with Gasteiger partial charge in [0.1, 0.15) is 5.58 Å². The van der Waals surface area contributed by atoms with E-state index in [1.54, 1.807) is 0 Å². The predicted octanol–water partition coefficient (Wildman–Crippen LogP) is 4.18. The minimum absolute atomic E-state index is 0.0936. The Morgan fingerprint density at radius 1 is 1.18 bits per heavy atom. The van der Waals surface area contributed by atoms with Gasteiger partial charge < -0.3 is 14.6 Å². The molecule has 0 radical (unpaired) electrons. The highest BCUT2D eigenvalue weighted by Gasteiger charge is 2.39. The molecule has 0 unspecified atom stereocenters. The molecule has 1 aliphatic carbocycles. The topological polar surface area (TPSA) is 48.7 Å². The quantitative estimate of drug-likeness (QED) is 0.763. The third-order valence-corrected chi connectivity index (χ3v) is 7.13. The Morgan fingerprint density at radius 2 is 1.89 bits per heavy atom. The van der Waals surface area contributed by atoms with E-state index in [1.165, 1.54) is 32.1 Å². The predicted molar refractivity (Wildman–Crippen MR) is 116 cm³/mol. The number of nitrogens with zero attached hydrogens (tertiary/aromatic N) is 2. The van der Waals surface area contributed by atoms with Crippen LogP contribution in [-0.4, -0.2) is 61.0 Å². The summed E-state index contributed by atoms with van der Waals surface area (Å²) in [5, 5.41) is 4.23. The number of carbonyl (C=O) groups is 1. The molecule has 2 fully saturated rings. The summed E-state index contributed by atoms with van der Waals surface area (Å²) < 4.78 is 6.89. The van der Waals surface area contributed by atoms with E-state index in [4.69, 9.17) is 4.42 Å². The molecule has 1 amide bonds. The average Bonchev–Trinajstić information content (AvgIpc) is 3.03. The Kier molecular flexibility index (Phi) is 5.81. The minimum Gasteiger partial charge on any atom is -0.451 e. The Labute approximate surface area is 175 Å². The minimum atomic E-state index is -0.0936. The van der Waals surface area contributed by atoms with Gasteiger partial charge in [-0.15, -0.1) is 0 Å². The highest BCUT2D eigenvalue weighted by atomic mass is 79.9. The SMILES string of the molecule is Cc1c(C(=O)NCC2(N3CCN(C)CC3)CCCCC2)oc2ccc(Br)cc12. The molecule has 0 atom stereocenters. The highest BCUT2D eigenvalue weighted by molar-refractivity contribution is 9.10. The first-order valence-electron chi connectivity index (χ1n) is 10.4. The van der Waals surface area contributed by atoms with Crippen molar-refractivity contribution in [3.05, 3.63) is 34.0 Å². The van der Waals surface area contributed by atoms with Gasteiger partial charge in [-0.3, -0.25) is 9.69 Å². The van der Waals surface area contributed by atoms with Gasteiger partial charge in [0.15, 0.2) is 5.76 Å². The first kappa shape index (κ1) is 19.9. The van der Waals surface area contributed by atoms with E-state index in [9.17, 15) is 4.79 Å². The summed E-state index contributed by atoms with van der Waals surface area (Å²) in [4.78, 5) is 18.0. The number of rotatable bonds is 4. The number of fused-ring (bicyclic) bond motifs is 1. The van der Waals surface area contributed by atoms with Crippen molar-refractivity contribution < 1.29 is 9.21 Å². The molecule has 1 aromatic carbocycles. The molecule has 2 heterocycles. The molecule has 1 saturated heterocycles. The number of likely N-dealkylation sites (N-methyl/N-ethyl adjacent to an activating group) is 1. The normalized spacial score (nSPS) is 21.1. The second-order valence-corrected chi connectivity index (χ2v) is 9.37. The van der Waals surface area contributed by atoms with Crippen LogP contribution in [0.4, 0.5) is 0 Å². The number of carbonyl (C=O) groups excluding carboxylic acids is 1. The molecule has 0 spiro atoms. The molecule has 1 saturated carbocycles. The molecule has 28 heavy (non-hydrogen) atoms. The number of nitrogens with one attached hydrogen (secondary N) is 1. The number of aryl methyl sites for hydroxylation is 1. The van der Waals surface area contributed by atoms with Gasteiger partial charge in [0.05, 0.1) is 0 Å². The van der Waals surface area contributed by atoms with Crippen LogP contribution in [0.3, 0.4) is 0 Å². The molecular formula is C22H30BrN3O2. The van der Waals surface area contributed by atoms with Crippen molar-refractivity contribution >= 4 is 32.8 Å². The Bertz CT molecular complexity index is 849. The van der Waals surface area contributed by atoms with Crippen LogP contribution in [0.25, 0.3) is 11.0 Å². The van der Waals surface area contributed by atoms with Crippen molar-refractivity contribution in [2.45, 2.75) is 44.6 Å². The van der Waals surface area contributed by atoms with E-state index >= 15 is 0 Å². The van der Waals surface area contributed by atoms with Crippen LogP contribution in [-0.2, 0) is 0 Å². The lowest BCUT2D eigenvalue weighted by Gasteiger charge is -2.49. The fraction of sp³-hybridized carbons (Fsp3) is 0.591. The van der Waals surface area contributed by atoms with Gasteiger partial charge in [-0.1, -0.05) is 35.2 Å². The van der Waals surface area contributed by atoms with Crippen molar-refractivity contribution in [2.24, 2.45) is 0 Å². The van der Waals surface area contributed by atoms with E-state index in [-0.39, 0.29) is 11.4 Å². The zero-order valence-electron chi connectivity index (χ0n) is 16.9. The van der Waals surface area contributed by atoms with E-state index in [1.807, 2.05) is 25.1 Å². The number of piperazine rings is 1. The van der Waals surface area contributed by atoms with E-state index in [0.717, 1.165) is 47.2 Å². The smallest absolute Gasteiger partial charge is 0.287 e. The first-order valence-corrected chi connectivity index (χ1v) is 11.2. The molecular weight excluding hydrogens is 418 g/mol. The van der Waals surface area contributed by atoms with E-state index in [0.29, 0.717) is 12.3 Å². The summed E-state index contributed by atoms with van der Waals surface area (Å²) in [6.07, 6.45) is 6.15. The largest absolute Gasteiger partial charge is 0.451 e. The average molecular weight is 448 g/mol. The lowest BCUT2D eigenvalue weighted by molar-refractivity contribution is 0.0136. The Hall–Kier alpha value is -1.37. The van der Waals surface area contributed by atoms with Gasteiger partial charge in [0.2, 0.25) is 0 Å². The lowest BCUT2D eigenvalue weighted by atomic mass is 9.79. The van der Waals surface area contributed by atoms with Crippen molar-refractivity contribution in [2.75, 3.05) is 39.8 Å². The van der Waals surface area contributed by atoms with E-state index in [2.05, 4.69) is 38.1 Å². The van der Waals surface area contributed by atoms with Gasteiger partial charge in [0.25, 0.3) is 5.91 Å². The summed E-state index contributed by atoms with van der Waals surface area (Å²) in [6, 6.07) is 5.87. The molecule has 6 heteroatoms. The van der Waals surface area contributed by atoms with Crippen molar-refractivity contribution in [1.82, 2.24) is 15.1 Å². The summed E-state index contributed by atoms with van der Waals surface area (Å²) in [5.74, 6) is 0.348. The molecule has 4 rings (SSSR count). The van der Waals surface area contributed by atoms with Crippen LogP contribution >= 0.6 is 15.9 Å². The zero-order chi connectivity index (χ0) is 19.7. The molecule has 1 aliphatic heterocycles. The van der Waals surface area contributed by atoms with Crippen LogP contribution in [0.1, 0.15) is 48.2 Å². The maximum absolute atomic E-state index is 13.0. The van der Waals surface area contributed by atoms with Gasteiger partial charge in [-0.05, 0) is 45.0 Å². The zero-order valence-corrected chi connectivity index (χ0v) is 18.5. The van der Waals surface area contributed by atoms with Crippen molar-refractivity contribution in [3.63, 3.8) is 0 Å². The number of furan rings is 1. The maximum atomic E-state index is 13.0. The van der Waals surface area contributed by atoms with E-state index < -0.39 is 0 Å². The van der Waals surface area contributed by atoms with Crippen molar-refractivity contribution in [1.29, 1.82) is 0 Å². The van der Waals surface area contributed by atoms with Gasteiger partial charge in [0, 0.05) is 53.7 Å². The molecule has 1 aromatic heterocycles. The Morgan fingerprint density at radius 3 is 2.61 bits per heavy atom. The number of hydrogen-bond donors (Lipinski definition) is 1. The lowest BCUT2D eigenvalue weighted by Crippen LogP contribution is -2.61. The molecule has 5 nitrogen and oxygen atoms in total. The number of amides is 1. The fourth-order valence-electron chi connectivity index (χ4n) is 4.83. The second-order valence-electron chi connectivity index (χ2n) is 8.45. The third-order valence-electron chi connectivity index (χ3n) is 6.64. The van der Waals surface area contributed by atoms with Crippen molar-refractivity contribution in [3.8, 4) is 0 Å². The number of halogens is 1. The molecule has 1 N–H and O–H groups in total. The number of benzene rings is 1. The van der Waals surface area contributed by atoms with Crippen LogP contribution in [0.15, 0.2) is 27.1 Å². The molecule has 2 aliphatic rings. The van der Waals surface area contributed by atoms with Crippen LogP contribution in [0, 0.1) is 6.92 Å². The van der Waals surface area contributed by atoms with Crippen LogP contribution in [0.5, 0.6) is 0 Å². The highest BCUT2D eigenvalue weighted by Crippen LogP contribution is 2.34. The summed E-state index contributed by atoms with van der Waals surface area (Å²) in [7, 11) is 2.19. The molecule has 0 bridgehead atoms. The van der Waals surface area contributed by atoms with Gasteiger partial charge in [-0.25, -0.2) is 0 Å². The fourth-order valence-corrected chi connectivity index (χ4v) is 5.19. The third kappa shape index (κ3) is 3.87. The summed E-state index contributed by atoms with van der Waals surface area (Å²) in [6.45, 7) is 7.05. The van der Waals surface area contributed by atoms with Crippen LogP contribution < -0.4 is 5.32 Å². The number of hydrogen-bond acceptors (Lipinski definition) is 4. The monoisotopic (exact) mass is 447 g/mol. The molecule has 2 aromatic rings. The summed E-state index contributed by atoms with van der Waals surface area (Å²) >= 11 is 3.50. The van der Waals surface area contributed by atoms with Gasteiger partial charge in [-0.2, -0.15) is 0 Å². The first-order chi connectivity index (χ1) is 13.5. The van der Waals surface area contributed by atoms with Crippen LogP contribution in [0.2, 0.25) is 0 Å². The second kappa shape index (κ2) is 8.17. The molecule has 152 valence electrons. The Balaban J connectivity index is 1.51.